The normalized spacial score (nSPS) is 28.9. The Morgan fingerprint density at radius 1 is 1.41 bits per heavy atom. The molecule has 3 aromatic rings. The quantitative estimate of drug-likeness (QED) is 0.172. The van der Waals surface area contributed by atoms with Crippen molar-refractivity contribution in [2.75, 3.05) is 19.5 Å². The molecule has 1 saturated carbocycles. The van der Waals surface area contributed by atoms with Crippen LogP contribution >= 0.6 is 7.75 Å². The van der Waals surface area contributed by atoms with Crippen LogP contribution in [0.2, 0.25) is 0 Å². The lowest BCUT2D eigenvalue weighted by atomic mass is 10.1. The van der Waals surface area contributed by atoms with Gasteiger partial charge in [0, 0.05) is 0 Å². The van der Waals surface area contributed by atoms with E-state index in [0.29, 0.717) is 0 Å². The van der Waals surface area contributed by atoms with Crippen LogP contribution in [0.1, 0.15) is 13.0 Å². The van der Waals surface area contributed by atoms with Gasteiger partial charge in [0.25, 0.3) is 5.56 Å². The predicted molar refractivity (Wildman–Crippen MR) is 126 cm³/mol. The van der Waals surface area contributed by atoms with Gasteiger partial charge in [-0.1, -0.05) is 18.2 Å². The average molecular weight is 536 g/mol. The highest BCUT2D eigenvalue weighted by Crippen LogP contribution is 2.59. The summed E-state index contributed by atoms with van der Waals surface area (Å²) in [5.74, 6) is -0.622. The number of para-hydroxylation sites is 1. The molecule has 1 aliphatic heterocycles. The van der Waals surface area contributed by atoms with Crippen LogP contribution in [0.5, 0.6) is 5.75 Å². The topological polar surface area (TPSA) is 213 Å². The molecule has 1 aromatic carbocycles. The molecule has 4 unspecified atom stereocenters. The van der Waals surface area contributed by atoms with Gasteiger partial charge >= 0.3 is 13.7 Å². The number of nitrogen functional groups attached to an aromatic ring is 1. The number of carbonyl (C=O) groups excluding carboxylic acids is 1. The molecule has 37 heavy (non-hydrogen) atoms. The highest BCUT2D eigenvalue weighted by Gasteiger charge is 2.77. The van der Waals surface area contributed by atoms with E-state index in [2.05, 4.69) is 24.8 Å². The molecule has 2 aliphatic rings. The number of aromatic amines is 1. The van der Waals surface area contributed by atoms with Crippen LogP contribution in [-0.2, 0) is 23.4 Å². The number of hydrogen-bond donors (Lipinski definition) is 5. The molecule has 0 bridgehead atoms. The number of H-pyrrole nitrogens is 1. The van der Waals surface area contributed by atoms with Gasteiger partial charge in [-0.3, -0.25) is 19.1 Å². The summed E-state index contributed by atoms with van der Waals surface area (Å²) >= 11 is 0. The Morgan fingerprint density at radius 3 is 2.78 bits per heavy atom. The fourth-order valence-electron chi connectivity index (χ4n) is 4.43. The standard InChI is InChI=1S/C21H25N6O9P/c1-10(19(30)33-2)26-37(32,36-11-6-4-3-5-7-11)34-8-12-15(28)21(31)14(16(21)35-12)27-9-23-13-17(27)24-20(22)25-18(13)29/h3-7,9-10,12,14-16,28,31H,8H2,1-2H3,(H,26,32)(H3,22,24,25,29)/t10-,12+,14+,15?,16?,21?,37?/m0/s1. The average Bonchev–Trinajstić information content (AvgIpc) is 3.11. The van der Waals surface area contributed by atoms with E-state index in [4.69, 9.17) is 19.5 Å². The maximum atomic E-state index is 13.5. The summed E-state index contributed by atoms with van der Waals surface area (Å²) in [6.45, 7) is 0.966. The highest BCUT2D eigenvalue weighted by atomic mass is 31.2. The number of fused-ring (bicyclic) bond motifs is 2. The van der Waals surface area contributed by atoms with Gasteiger partial charge in [0.1, 0.15) is 35.7 Å². The Labute approximate surface area is 209 Å². The Bertz CT molecular complexity index is 1430. The number of esters is 1. The summed E-state index contributed by atoms with van der Waals surface area (Å²) in [7, 11) is -3.00. The lowest BCUT2D eigenvalue weighted by Gasteiger charge is -2.26. The molecule has 6 N–H and O–H groups in total. The number of hydrogen-bond acceptors (Lipinski definition) is 12. The van der Waals surface area contributed by atoms with Gasteiger partial charge in [-0.25, -0.2) is 9.55 Å². The Morgan fingerprint density at radius 2 is 2.14 bits per heavy atom. The molecule has 1 saturated heterocycles. The third-order valence-electron chi connectivity index (χ3n) is 6.29. The highest BCUT2D eigenvalue weighted by molar-refractivity contribution is 7.52. The second-order valence-electron chi connectivity index (χ2n) is 8.72. The molecule has 16 heteroatoms. The smallest absolute Gasteiger partial charge is 0.459 e. The van der Waals surface area contributed by atoms with E-state index < -0.39 is 61.9 Å². The van der Waals surface area contributed by atoms with Crippen LogP contribution in [0.25, 0.3) is 11.2 Å². The van der Waals surface area contributed by atoms with Crippen molar-refractivity contribution < 1.29 is 38.1 Å². The van der Waals surface area contributed by atoms with Gasteiger partial charge in [-0.2, -0.15) is 10.1 Å². The molecule has 2 aromatic heterocycles. The van der Waals surface area contributed by atoms with Gasteiger partial charge in [0.2, 0.25) is 5.95 Å². The first kappa shape index (κ1) is 25.3. The Balaban J connectivity index is 1.31. The van der Waals surface area contributed by atoms with Crippen LogP contribution in [0.4, 0.5) is 5.95 Å². The number of aliphatic hydroxyl groups is 2. The maximum absolute atomic E-state index is 13.5. The summed E-state index contributed by atoms with van der Waals surface area (Å²) < 4.78 is 36.4. The van der Waals surface area contributed by atoms with Crippen LogP contribution < -0.4 is 20.9 Å². The SMILES string of the molecule is COC(=O)[C@H](C)NP(=O)(OC[C@H]1OC2[C@@H](n3cnc4c(=O)[nH]c(N)nc43)C2(O)C1O)Oc1ccccc1. The van der Waals surface area contributed by atoms with Crippen molar-refractivity contribution in [2.45, 2.75) is 42.9 Å². The second-order valence-corrected chi connectivity index (χ2v) is 10.4. The van der Waals surface area contributed by atoms with Gasteiger partial charge in [-0.05, 0) is 19.1 Å². The lowest BCUT2D eigenvalue weighted by Crippen LogP contribution is -2.41. The molecule has 7 atom stereocenters. The van der Waals surface area contributed by atoms with E-state index in [1.165, 1.54) is 24.9 Å². The number of rotatable bonds is 9. The third-order valence-corrected chi connectivity index (χ3v) is 7.93. The molecule has 2 fully saturated rings. The molecule has 1 aliphatic carbocycles. The minimum Gasteiger partial charge on any atom is -0.468 e. The number of aliphatic hydroxyl groups excluding tert-OH is 1. The number of nitrogens with two attached hydrogens (primary N) is 1. The second kappa shape index (κ2) is 9.20. The zero-order chi connectivity index (χ0) is 26.5. The summed E-state index contributed by atoms with van der Waals surface area (Å²) in [5, 5.41) is 24.5. The maximum Gasteiger partial charge on any atom is 0.459 e. The molecular weight excluding hydrogens is 511 g/mol. The van der Waals surface area contributed by atoms with E-state index in [9.17, 15) is 24.4 Å². The van der Waals surface area contributed by atoms with E-state index in [1.807, 2.05) is 0 Å². The zero-order valence-electron chi connectivity index (χ0n) is 19.7. The number of nitrogens with zero attached hydrogens (tertiary/aromatic N) is 3. The van der Waals surface area contributed by atoms with Crippen LogP contribution in [0.3, 0.4) is 0 Å². The third kappa shape index (κ3) is 4.39. The number of aromatic nitrogens is 4. The van der Waals surface area contributed by atoms with Gasteiger partial charge in [-0.15, -0.1) is 0 Å². The number of methoxy groups -OCH3 is 1. The molecule has 0 radical (unpaired) electrons. The van der Waals surface area contributed by atoms with Crippen LogP contribution in [0, 0.1) is 0 Å². The monoisotopic (exact) mass is 536 g/mol. The summed E-state index contributed by atoms with van der Waals surface area (Å²) in [6, 6.07) is 6.30. The molecule has 3 heterocycles. The van der Waals surface area contributed by atoms with Gasteiger partial charge < -0.3 is 34.5 Å². The number of nitrogens with one attached hydrogen (secondary N) is 2. The Hall–Kier alpha value is -3.33. The number of anilines is 1. The van der Waals surface area contributed by atoms with E-state index in [-0.39, 0.29) is 22.9 Å². The first-order valence-corrected chi connectivity index (χ1v) is 12.7. The van der Waals surface area contributed by atoms with Crippen molar-refractivity contribution in [1.82, 2.24) is 24.6 Å². The molecule has 5 rings (SSSR count). The van der Waals surface area contributed by atoms with E-state index >= 15 is 0 Å². The molecule has 198 valence electrons. The fourth-order valence-corrected chi connectivity index (χ4v) is 5.93. The largest absolute Gasteiger partial charge is 0.468 e. The molecule has 15 nitrogen and oxygen atoms in total. The number of imidazole rings is 1. The molecule has 0 amide bonds. The van der Waals surface area contributed by atoms with Crippen molar-refractivity contribution in [2.24, 2.45) is 0 Å². The first-order chi connectivity index (χ1) is 17.6. The van der Waals surface area contributed by atoms with Crippen molar-refractivity contribution in [1.29, 1.82) is 0 Å². The van der Waals surface area contributed by atoms with Gasteiger partial charge in [0.05, 0.1) is 26.1 Å². The minimum atomic E-state index is -4.18. The van der Waals surface area contributed by atoms with Crippen molar-refractivity contribution in [3.8, 4) is 5.75 Å². The van der Waals surface area contributed by atoms with Crippen LogP contribution in [0.15, 0.2) is 41.5 Å². The number of benzene rings is 1. The van der Waals surface area contributed by atoms with Crippen molar-refractivity contribution >= 4 is 30.8 Å². The Kier molecular flexibility index (Phi) is 6.30. The van der Waals surface area contributed by atoms with Crippen molar-refractivity contribution in [3.05, 3.63) is 47.0 Å². The summed E-state index contributed by atoms with van der Waals surface area (Å²) in [6.07, 6.45) is -2.16. The summed E-state index contributed by atoms with van der Waals surface area (Å²) in [4.78, 5) is 34.3. The first-order valence-electron chi connectivity index (χ1n) is 11.2. The van der Waals surface area contributed by atoms with Crippen molar-refractivity contribution in [3.63, 3.8) is 0 Å². The lowest BCUT2D eigenvalue weighted by molar-refractivity contribution is -0.142. The fraction of sp³-hybridized carbons (Fsp3) is 0.429. The van der Waals surface area contributed by atoms with Crippen LogP contribution in [-0.4, -0.2) is 79.4 Å². The van der Waals surface area contributed by atoms with E-state index in [1.54, 1.807) is 30.3 Å². The predicted octanol–water partition coefficient (Wildman–Crippen LogP) is -0.529. The minimum absolute atomic E-state index is 0.0157. The van der Waals surface area contributed by atoms with E-state index in [0.717, 1.165) is 0 Å². The van der Waals surface area contributed by atoms with Gasteiger partial charge in [0.15, 0.2) is 11.2 Å². The zero-order valence-corrected chi connectivity index (χ0v) is 20.6. The number of ether oxygens (including phenoxy) is 2. The number of carbonyl (C=O) groups is 1. The summed E-state index contributed by atoms with van der Waals surface area (Å²) in [5.41, 5.74) is 3.47. The molecular formula is C21H25N6O9P. The molecule has 0 spiro atoms.